The molecule has 4 atom stereocenters. The molecular weight excluding hydrogens is 426 g/mol. The van der Waals surface area contributed by atoms with Gasteiger partial charge in [0.1, 0.15) is 5.54 Å². The Hall–Kier alpha value is -2.70. The van der Waals surface area contributed by atoms with Crippen LogP contribution >= 0.6 is 11.6 Å². The van der Waals surface area contributed by atoms with E-state index < -0.39 is 17.4 Å². The third-order valence-electron chi connectivity index (χ3n) is 8.01. The minimum absolute atomic E-state index is 0.137. The average Bonchev–Trinajstić information content (AvgIpc) is 3.44. The molecule has 1 spiro atoms. The van der Waals surface area contributed by atoms with E-state index in [1.54, 1.807) is 0 Å². The highest BCUT2D eigenvalue weighted by atomic mass is 35.5. The van der Waals surface area contributed by atoms with Crippen LogP contribution in [0.15, 0.2) is 30.3 Å². The predicted octanol–water partition coefficient (Wildman–Crippen LogP) is 3.70. The molecule has 4 heterocycles. The number of amides is 3. The number of aryl methyl sites for hydroxylation is 2. The van der Waals surface area contributed by atoms with Crippen molar-refractivity contribution in [2.24, 2.45) is 11.8 Å². The van der Waals surface area contributed by atoms with Crippen LogP contribution < -0.4 is 10.2 Å². The Labute approximate surface area is 191 Å². The SMILES string of the molecule is Cc1cc(Cl)c2c(c1)[C@]1(C(=O)N2)[C@@H]2C(=O)N(c3cccc(C)c3C)C(=O)[C@@H]2[C@@H]2CCCN21. The van der Waals surface area contributed by atoms with Crippen molar-refractivity contribution in [3.05, 3.63) is 57.6 Å². The molecule has 4 aliphatic heterocycles. The lowest BCUT2D eigenvalue weighted by Crippen LogP contribution is -2.54. The molecule has 4 aliphatic rings. The summed E-state index contributed by atoms with van der Waals surface area (Å²) in [7, 11) is 0. The molecule has 0 radical (unpaired) electrons. The molecule has 0 saturated carbocycles. The van der Waals surface area contributed by atoms with E-state index in [0.29, 0.717) is 22.9 Å². The summed E-state index contributed by atoms with van der Waals surface area (Å²) >= 11 is 6.52. The van der Waals surface area contributed by atoms with E-state index in [9.17, 15) is 14.4 Å². The standard InChI is InChI=1S/C25H24ClN3O3/c1-12-10-15-21(16(26)11-12)27-24(32)25(15)20-19(18-8-5-9-28(18)25)22(30)29(23(20)31)17-7-4-6-13(2)14(17)3/h4,6-7,10-11,18-20H,5,8-9H2,1-3H3,(H,27,32)/t18-,19+,20-,25+/m0/s1. The number of nitrogens with one attached hydrogen (secondary N) is 1. The zero-order valence-electron chi connectivity index (χ0n) is 18.2. The maximum atomic E-state index is 14.0. The largest absolute Gasteiger partial charge is 0.323 e. The Morgan fingerprint density at radius 2 is 1.88 bits per heavy atom. The summed E-state index contributed by atoms with van der Waals surface area (Å²) in [5.74, 6) is -2.03. The van der Waals surface area contributed by atoms with Gasteiger partial charge in [-0.05, 0) is 69.0 Å². The maximum Gasteiger partial charge on any atom is 0.250 e. The normalized spacial score (nSPS) is 30.8. The Bertz CT molecular complexity index is 1240. The van der Waals surface area contributed by atoms with Crippen molar-refractivity contribution in [2.45, 2.75) is 45.2 Å². The van der Waals surface area contributed by atoms with Gasteiger partial charge in [-0.1, -0.05) is 29.8 Å². The van der Waals surface area contributed by atoms with Crippen molar-refractivity contribution in [1.82, 2.24) is 4.90 Å². The van der Waals surface area contributed by atoms with Gasteiger partial charge in [-0.2, -0.15) is 0 Å². The number of imide groups is 1. The van der Waals surface area contributed by atoms with Crippen LogP contribution in [0.1, 0.15) is 35.1 Å². The number of anilines is 2. The van der Waals surface area contributed by atoms with E-state index in [4.69, 9.17) is 11.6 Å². The number of benzene rings is 2. The first-order valence-corrected chi connectivity index (χ1v) is 11.5. The quantitative estimate of drug-likeness (QED) is 0.674. The lowest BCUT2D eigenvalue weighted by Gasteiger charge is -2.37. The fraction of sp³-hybridized carbons (Fsp3) is 0.400. The summed E-state index contributed by atoms with van der Waals surface area (Å²) in [6.07, 6.45) is 1.69. The topological polar surface area (TPSA) is 69.7 Å². The molecule has 2 aromatic carbocycles. The van der Waals surface area contributed by atoms with Crippen molar-refractivity contribution in [3.63, 3.8) is 0 Å². The van der Waals surface area contributed by atoms with Crippen molar-refractivity contribution in [2.75, 3.05) is 16.8 Å². The molecule has 6 nitrogen and oxygen atoms in total. The van der Waals surface area contributed by atoms with Gasteiger partial charge < -0.3 is 5.32 Å². The molecule has 0 unspecified atom stereocenters. The second kappa shape index (κ2) is 6.42. The van der Waals surface area contributed by atoms with Crippen molar-refractivity contribution in [1.29, 1.82) is 0 Å². The number of carbonyl (C=O) groups is 3. The summed E-state index contributed by atoms with van der Waals surface area (Å²) in [6.45, 7) is 6.51. The molecule has 3 amide bonds. The molecule has 32 heavy (non-hydrogen) atoms. The van der Waals surface area contributed by atoms with Crippen molar-refractivity contribution < 1.29 is 14.4 Å². The maximum absolute atomic E-state index is 14.0. The van der Waals surface area contributed by atoms with Gasteiger partial charge in [-0.25, -0.2) is 4.90 Å². The highest BCUT2D eigenvalue weighted by molar-refractivity contribution is 6.35. The highest BCUT2D eigenvalue weighted by Gasteiger charge is 2.74. The second-order valence-corrected chi connectivity index (χ2v) is 9.93. The lowest BCUT2D eigenvalue weighted by atomic mass is 9.75. The number of hydrogen-bond donors (Lipinski definition) is 1. The number of fused-ring (bicyclic) bond motifs is 7. The first kappa shape index (κ1) is 19.9. The number of carbonyl (C=O) groups excluding carboxylic acids is 3. The Morgan fingerprint density at radius 3 is 2.66 bits per heavy atom. The van der Waals surface area contributed by atoms with Gasteiger partial charge in [0.15, 0.2) is 0 Å². The molecule has 2 aromatic rings. The molecule has 7 heteroatoms. The van der Waals surface area contributed by atoms with Gasteiger partial charge >= 0.3 is 0 Å². The third kappa shape index (κ3) is 2.17. The third-order valence-corrected chi connectivity index (χ3v) is 8.31. The fourth-order valence-corrected chi connectivity index (χ4v) is 6.93. The van der Waals surface area contributed by atoms with Crippen LogP contribution in [0.4, 0.5) is 11.4 Å². The minimum atomic E-state index is -1.20. The van der Waals surface area contributed by atoms with Gasteiger partial charge in [-0.3, -0.25) is 19.3 Å². The van der Waals surface area contributed by atoms with E-state index in [1.807, 2.05) is 51.1 Å². The summed E-state index contributed by atoms with van der Waals surface area (Å²) in [4.78, 5) is 45.1. The van der Waals surface area contributed by atoms with Crippen LogP contribution in [-0.2, 0) is 19.9 Å². The van der Waals surface area contributed by atoms with Crippen LogP contribution in [0.2, 0.25) is 5.02 Å². The Morgan fingerprint density at radius 1 is 1.09 bits per heavy atom. The zero-order chi connectivity index (χ0) is 22.5. The first-order chi connectivity index (χ1) is 15.3. The van der Waals surface area contributed by atoms with E-state index in [-0.39, 0.29) is 23.8 Å². The van der Waals surface area contributed by atoms with Crippen LogP contribution in [0, 0.1) is 32.6 Å². The molecule has 164 valence electrons. The van der Waals surface area contributed by atoms with Crippen LogP contribution in [0.3, 0.4) is 0 Å². The minimum Gasteiger partial charge on any atom is -0.323 e. The Kier molecular flexibility index (Phi) is 4.00. The smallest absolute Gasteiger partial charge is 0.250 e. The zero-order valence-corrected chi connectivity index (χ0v) is 19.0. The van der Waals surface area contributed by atoms with Gasteiger partial charge in [0.05, 0.1) is 28.2 Å². The summed E-state index contributed by atoms with van der Waals surface area (Å²) in [6, 6.07) is 9.29. The van der Waals surface area contributed by atoms with Crippen molar-refractivity contribution in [3.8, 4) is 0 Å². The monoisotopic (exact) mass is 449 g/mol. The predicted molar refractivity (Wildman–Crippen MR) is 122 cm³/mol. The van der Waals surface area contributed by atoms with Crippen LogP contribution in [0.5, 0.6) is 0 Å². The summed E-state index contributed by atoms with van der Waals surface area (Å²) in [5.41, 5.74) is 3.57. The molecular formula is C25H24ClN3O3. The number of rotatable bonds is 1. The second-order valence-electron chi connectivity index (χ2n) is 9.53. The summed E-state index contributed by atoms with van der Waals surface area (Å²) < 4.78 is 0. The Balaban J connectivity index is 1.59. The van der Waals surface area contributed by atoms with Gasteiger partial charge in [0.25, 0.3) is 5.91 Å². The average molecular weight is 450 g/mol. The molecule has 0 aromatic heterocycles. The van der Waals surface area contributed by atoms with E-state index >= 15 is 0 Å². The highest BCUT2D eigenvalue weighted by Crippen LogP contribution is 2.61. The van der Waals surface area contributed by atoms with E-state index in [1.165, 1.54) is 4.90 Å². The van der Waals surface area contributed by atoms with E-state index in [0.717, 1.165) is 35.1 Å². The lowest BCUT2D eigenvalue weighted by molar-refractivity contribution is -0.135. The van der Waals surface area contributed by atoms with Gasteiger partial charge in [0, 0.05) is 11.6 Å². The van der Waals surface area contributed by atoms with E-state index in [2.05, 4.69) is 10.2 Å². The van der Waals surface area contributed by atoms with Gasteiger partial charge in [0.2, 0.25) is 11.8 Å². The fourth-order valence-electron chi connectivity index (χ4n) is 6.61. The molecule has 6 rings (SSSR count). The first-order valence-electron chi connectivity index (χ1n) is 11.1. The molecule has 0 bridgehead atoms. The van der Waals surface area contributed by atoms with Crippen LogP contribution in [-0.4, -0.2) is 35.2 Å². The number of nitrogens with zero attached hydrogens (tertiary/aromatic N) is 2. The van der Waals surface area contributed by atoms with Crippen molar-refractivity contribution >= 4 is 40.7 Å². The van der Waals surface area contributed by atoms with Crippen LogP contribution in [0.25, 0.3) is 0 Å². The van der Waals surface area contributed by atoms with Gasteiger partial charge in [-0.15, -0.1) is 0 Å². The molecule has 1 N–H and O–H groups in total. The molecule has 3 fully saturated rings. The summed E-state index contributed by atoms with van der Waals surface area (Å²) in [5, 5.41) is 3.43. The molecule has 0 aliphatic carbocycles. The molecule has 3 saturated heterocycles. The number of hydrogen-bond acceptors (Lipinski definition) is 4. The number of halogens is 1.